The molecule has 2 unspecified atom stereocenters. The summed E-state index contributed by atoms with van der Waals surface area (Å²) in [6.07, 6.45) is 4.13. The van der Waals surface area contributed by atoms with E-state index < -0.39 is 12.1 Å². The lowest BCUT2D eigenvalue weighted by Gasteiger charge is -2.33. The van der Waals surface area contributed by atoms with Crippen molar-refractivity contribution in [1.82, 2.24) is 9.88 Å². The van der Waals surface area contributed by atoms with E-state index in [1.165, 1.54) is 13.3 Å². The molecule has 1 aliphatic carbocycles. The van der Waals surface area contributed by atoms with Crippen molar-refractivity contribution in [2.75, 3.05) is 26.5 Å². The molecule has 1 aromatic heterocycles. The van der Waals surface area contributed by atoms with Crippen LogP contribution in [0.25, 0.3) is 0 Å². The van der Waals surface area contributed by atoms with Crippen molar-refractivity contribution in [2.24, 2.45) is 5.92 Å². The number of hydrogen-bond donors (Lipinski definition) is 0. The Morgan fingerprint density at radius 2 is 1.86 bits per heavy atom. The third-order valence-electron chi connectivity index (χ3n) is 6.24. The second-order valence-corrected chi connectivity index (χ2v) is 12.5. The van der Waals surface area contributed by atoms with Gasteiger partial charge >= 0.3 is 5.97 Å². The van der Waals surface area contributed by atoms with E-state index in [9.17, 15) is 9.59 Å². The van der Waals surface area contributed by atoms with Gasteiger partial charge in [-0.05, 0) is 55.0 Å². The van der Waals surface area contributed by atoms with Crippen LogP contribution in [0.15, 0.2) is 42.6 Å². The summed E-state index contributed by atoms with van der Waals surface area (Å²) >= 11 is 7.89. The van der Waals surface area contributed by atoms with Gasteiger partial charge < -0.3 is 14.4 Å². The van der Waals surface area contributed by atoms with E-state index >= 15 is 0 Å². The normalized spacial score (nSPS) is 15.3. The molecule has 2 aromatic rings. The van der Waals surface area contributed by atoms with Gasteiger partial charge in [0.15, 0.2) is 0 Å². The summed E-state index contributed by atoms with van der Waals surface area (Å²) in [5.74, 6) is 0.974. The number of halogens is 1. The Morgan fingerprint density at radius 1 is 1.17 bits per heavy atom. The molecule has 8 heteroatoms. The van der Waals surface area contributed by atoms with Crippen molar-refractivity contribution in [3.63, 3.8) is 0 Å². The number of nitrogens with zero attached hydrogens (tertiary/aromatic N) is 2. The van der Waals surface area contributed by atoms with E-state index in [2.05, 4.69) is 25.8 Å². The zero-order chi connectivity index (χ0) is 26.3. The zero-order valence-electron chi connectivity index (χ0n) is 21.8. The van der Waals surface area contributed by atoms with Gasteiger partial charge in [-0.3, -0.25) is 9.78 Å². The van der Waals surface area contributed by atoms with Crippen molar-refractivity contribution in [3.8, 4) is 0 Å². The van der Waals surface area contributed by atoms with Gasteiger partial charge in [0.1, 0.15) is 6.10 Å². The fourth-order valence-electron chi connectivity index (χ4n) is 3.93. The van der Waals surface area contributed by atoms with Gasteiger partial charge in [-0.1, -0.05) is 44.5 Å². The third kappa shape index (κ3) is 8.79. The van der Waals surface area contributed by atoms with E-state index in [1.807, 2.05) is 48.0 Å². The Kier molecular flexibility index (Phi) is 10.2. The molecule has 1 aliphatic rings. The zero-order valence-corrected chi connectivity index (χ0v) is 23.4. The molecule has 1 aromatic carbocycles. The Labute approximate surface area is 224 Å². The lowest BCUT2D eigenvalue weighted by atomic mass is 10.1. The molecule has 0 aliphatic heterocycles. The van der Waals surface area contributed by atoms with Crippen molar-refractivity contribution in [1.29, 1.82) is 0 Å². The van der Waals surface area contributed by atoms with Gasteiger partial charge in [0, 0.05) is 46.9 Å². The van der Waals surface area contributed by atoms with Crippen LogP contribution in [0.4, 0.5) is 0 Å². The first-order valence-electron chi connectivity index (χ1n) is 12.4. The summed E-state index contributed by atoms with van der Waals surface area (Å²) in [7, 11) is 3.24. The SMILES string of the molecule is COC(=O)c1ccc(CC(OCCc2ccc(Cl)cc2)C(=O)N(C)C(CSC(C)(C)C)C2CC2)nc1. The van der Waals surface area contributed by atoms with Crippen LogP contribution in [0.1, 0.15) is 55.2 Å². The van der Waals surface area contributed by atoms with Gasteiger partial charge in [0.05, 0.1) is 19.3 Å². The predicted octanol–water partition coefficient (Wildman–Crippen LogP) is 5.46. The van der Waals surface area contributed by atoms with Crippen LogP contribution in [-0.2, 0) is 27.1 Å². The summed E-state index contributed by atoms with van der Waals surface area (Å²) < 4.78 is 11.1. The average Bonchev–Trinajstić information content (AvgIpc) is 3.68. The number of likely N-dealkylation sites (N-methyl/N-ethyl adjacent to an activating group) is 1. The molecular weight excluding hydrogens is 496 g/mol. The Morgan fingerprint density at radius 3 is 2.42 bits per heavy atom. The molecule has 0 saturated heterocycles. The topological polar surface area (TPSA) is 68.7 Å². The number of methoxy groups -OCH3 is 1. The highest BCUT2D eigenvalue weighted by Gasteiger charge is 2.38. The van der Waals surface area contributed by atoms with Gasteiger partial charge in [-0.25, -0.2) is 4.79 Å². The quantitative estimate of drug-likeness (QED) is 0.338. The van der Waals surface area contributed by atoms with Gasteiger partial charge in [-0.2, -0.15) is 11.8 Å². The van der Waals surface area contributed by atoms with Crippen LogP contribution in [0.5, 0.6) is 0 Å². The lowest BCUT2D eigenvalue weighted by molar-refractivity contribution is -0.144. The fourth-order valence-corrected chi connectivity index (χ4v) is 5.22. The van der Waals surface area contributed by atoms with E-state index in [1.54, 1.807) is 12.1 Å². The maximum atomic E-state index is 13.7. The molecule has 0 bridgehead atoms. The number of benzene rings is 1. The Balaban J connectivity index is 1.72. The average molecular weight is 533 g/mol. The minimum atomic E-state index is -0.667. The number of ether oxygens (including phenoxy) is 2. The predicted molar refractivity (Wildman–Crippen MR) is 146 cm³/mol. The largest absolute Gasteiger partial charge is 0.465 e. The number of aromatic nitrogens is 1. The second-order valence-electron chi connectivity index (χ2n) is 10.2. The number of amides is 1. The third-order valence-corrected chi connectivity index (χ3v) is 7.86. The van der Waals surface area contributed by atoms with Crippen molar-refractivity contribution >= 4 is 35.2 Å². The molecular formula is C28H37ClN2O4S. The smallest absolute Gasteiger partial charge is 0.339 e. The standard InChI is InChI=1S/C28H37ClN2O4S/c1-28(2,3)36-18-24(20-8-9-20)31(4)26(32)25(35-15-14-19-6-11-22(29)12-7-19)16-23-13-10-21(17-30-23)27(33)34-5/h6-7,10-13,17,20,24-25H,8-9,14-16,18H2,1-5H3. The molecule has 196 valence electrons. The molecule has 3 rings (SSSR count). The molecule has 6 nitrogen and oxygen atoms in total. The minimum Gasteiger partial charge on any atom is -0.465 e. The maximum absolute atomic E-state index is 13.7. The van der Waals surface area contributed by atoms with Gasteiger partial charge in [0.2, 0.25) is 0 Å². The Hall–Kier alpha value is -2.09. The number of pyridine rings is 1. The lowest BCUT2D eigenvalue weighted by Crippen LogP contribution is -2.47. The first-order chi connectivity index (χ1) is 17.1. The maximum Gasteiger partial charge on any atom is 0.339 e. The van der Waals surface area contributed by atoms with Gasteiger partial charge in [-0.15, -0.1) is 0 Å². The second kappa shape index (κ2) is 12.9. The first kappa shape index (κ1) is 28.5. The molecule has 1 fully saturated rings. The highest BCUT2D eigenvalue weighted by molar-refractivity contribution is 8.00. The highest BCUT2D eigenvalue weighted by atomic mass is 35.5. The van der Waals surface area contributed by atoms with Crippen LogP contribution < -0.4 is 0 Å². The van der Waals surface area contributed by atoms with Crippen LogP contribution in [0, 0.1) is 5.92 Å². The number of carbonyl (C=O) groups is 2. The van der Waals surface area contributed by atoms with Crippen molar-refractivity contribution < 1.29 is 19.1 Å². The van der Waals surface area contributed by atoms with Crippen LogP contribution in [0.3, 0.4) is 0 Å². The van der Waals surface area contributed by atoms with E-state index in [0.717, 1.165) is 24.2 Å². The van der Waals surface area contributed by atoms with Crippen molar-refractivity contribution in [3.05, 3.63) is 64.4 Å². The molecule has 1 heterocycles. The van der Waals surface area contributed by atoms with E-state index in [-0.39, 0.29) is 16.7 Å². The molecule has 0 spiro atoms. The first-order valence-corrected chi connectivity index (χ1v) is 13.7. The summed E-state index contributed by atoms with van der Waals surface area (Å²) in [4.78, 5) is 31.8. The minimum absolute atomic E-state index is 0.0311. The van der Waals surface area contributed by atoms with Gasteiger partial charge in [0.25, 0.3) is 5.91 Å². The summed E-state index contributed by atoms with van der Waals surface area (Å²) in [5, 5.41) is 0.690. The summed E-state index contributed by atoms with van der Waals surface area (Å²) in [5.41, 5.74) is 2.16. The van der Waals surface area contributed by atoms with Crippen molar-refractivity contribution in [2.45, 2.75) is 63.3 Å². The number of hydrogen-bond acceptors (Lipinski definition) is 6. The van der Waals surface area contributed by atoms with Crippen LogP contribution in [-0.4, -0.2) is 65.2 Å². The molecule has 0 N–H and O–H groups in total. The number of rotatable bonds is 12. The molecule has 1 amide bonds. The van der Waals surface area contributed by atoms with Crippen LogP contribution in [0.2, 0.25) is 5.02 Å². The summed E-state index contributed by atoms with van der Waals surface area (Å²) in [6.45, 7) is 7.01. The molecule has 36 heavy (non-hydrogen) atoms. The Bertz CT molecular complexity index is 1000. The number of thioether (sulfide) groups is 1. The van der Waals surface area contributed by atoms with E-state index in [0.29, 0.717) is 41.6 Å². The number of esters is 1. The van der Waals surface area contributed by atoms with Crippen LogP contribution >= 0.6 is 23.4 Å². The van der Waals surface area contributed by atoms with E-state index in [4.69, 9.17) is 21.1 Å². The summed E-state index contributed by atoms with van der Waals surface area (Å²) in [6, 6.07) is 11.2. The fraction of sp³-hybridized carbons (Fsp3) is 0.536. The number of carbonyl (C=O) groups excluding carboxylic acids is 2. The molecule has 1 saturated carbocycles. The monoisotopic (exact) mass is 532 g/mol. The molecule has 2 atom stereocenters. The molecule has 0 radical (unpaired) electrons. The highest BCUT2D eigenvalue weighted by Crippen LogP contribution is 2.38.